The van der Waals surface area contributed by atoms with Crippen molar-refractivity contribution >= 4 is 37.6 Å². The molecule has 1 fully saturated rings. The molecule has 28 heavy (non-hydrogen) atoms. The van der Waals surface area contributed by atoms with Crippen molar-refractivity contribution in [2.75, 3.05) is 44.2 Å². The van der Waals surface area contributed by atoms with Crippen LogP contribution in [0.5, 0.6) is 0 Å². The monoisotopic (exact) mass is 397 g/mol. The standard InChI is InChI=1S/C21H27N5OS/c1-13(2)17-15-5-3-4-14(15)16-18-19(28-21(16)24-17)20(23-12-22-18)26-8-6-25(7-9-26)10-11-27/h12-13,27H,3-11H2,1-2H3. The highest BCUT2D eigenvalue weighted by Crippen LogP contribution is 2.43. The maximum Gasteiger partial charge on any atom is 0.150 e. The highest BCUT2D eigenvalue weighted by molar-refractivity contribution is 7.26. The summed E-state index contributed by atoms with van der Waals surface area (Å²) in [5.74, 6) is 1.50. The van der Waals surface area contributed by atoms with Crippen molar-refractivity contribution in [3.63, 3.8) is 0 Å². The Balaban J connectivity index is 1.62. The summed E-state index contributed by atoms with van der Waals surface area (Å²) in [7, 11) is 0. The molecule has 1 saturated heterocycles. The van der Waals surface area contributed by atoms with Gasteiger partial charge in [0.05, 0.1) is 16.8 Å². The molecule has 7 heteroatoms. The first-order valence-electron chi connectivity index (χ1n) is 10.3. The molecule has 3 aromatic heterocycles. The third-order valence-corrected chi connectivity index (χ3v) is 7.19. The first kappa shape index (κ1) is 18.2. The second kappa shape index (κ2) is 7.21. The fourth-order valence-corrected chi connectivity index (χ4v) is 5.93. The summed E-state index contributed by atoms with van der Waals surface area (Å²) in [6, 6.07) is 0. The van der Waals surface area contributed by atoms with E-state index in [-0.39, 0.29) is 6.61 Å². The van der Waals surface area contributed by atoms with Gasteiger partial charge in [-0.25, -0.2) is 15.0 Å². The maximum absolute atomic E-state index is 9.18. The molecule has 1 aliphatic carbocycles. The van der Waals surface area contributed by atoms with Crippen LogP contribution in [0.2, 0.25) is 0 Å². The number of piperazine rings is 1. The van der Waals surface area contributed by atoms with E-state index in [0.29, 0.717) is 5.92 Å². The molecule has 0 saturated carbocycles. The van der Waals surface area contributed by atoms with Gasteiger partial charge in [-0.1, -0.05) is 13.8 Å². The number of aliphatic hydroxyl groups is 1. The lowest BCUT2D eigenvalue weighted by atomic mass is 9.99. The molecular formula is C21H27N5OS. The summed E-state index contributed by atoms with van der Waals surface area (Å²) in [6.07, 6.45) is 5.23. The van der Waals surface area contributed by atoms with E-state index in [0.717, 1.165) is 61.7 Å². The zero-order valence-electron chi connectivity index (χ0n) is 16.6. The van der Waals surface area contributed by atoms with Gasteiger partial charge in [0.15, 0.2) is 0 Å². The third kappa shape index (κ3) is 2.88. The molecule has 0 amide bonds. The van der Waals surface area contributed by atoms with Crippen molar-refractivity contribution in [1.29, 1.82) is 0 Å². The van der Waals surface area contributed by atoms with E-state index in [1.54, 1.807) is 17.7 Å². The van der Waals surface area contributed by atoms with Crippen molar-refractivity contribution < 1.29 is 5.11 Å². The lowest BCUT2D eigenvalue weighted by Crippen LogP contribution is -2.47. The van der Waals surface area contributed by atoms with E-state index in [9.17, 15) is 5.11 Å². The van der Waals surface area contributed by atoms with Crippen LogP contribution in [-0.2, 0) is 12.8 Å². The molecule has 0 atom stereocenters. The molecule has 0 radical (unpaired) electrons. The minimum absolute atomic E-state index is 0.225. The number of aromatic nitrogens is 3. The van der Waals surface area contributed by atoms with Crippen LogP contribution in [0.4, 0.5) is 5.82 Å². The predicted octanol–water partition coefficient (Wildman–Crippen LogP) is 2.97. The van der Waals surface area contributed by atoms with E-state index in [1.165, 1.54) is 33.3 Å². The van der Waals surface area contributed by atoms with Crippen molar-refractivity contribution in [2.24, 2.45) is 0 Å². The number of aryl methyl sites for hydroxylation is 1. The summed E-state index contributed by atoms with van der Waals surface area (Å²) < 4.78 is 1.18. The number of thiophene rings is 1. The Labute approximate surface area is 169 Å². The molecule has 0 spiro atoms. The number of fused-ring (bicyclic) bond motifs is 5. The van der Waals surface area contributed by atoms with Gasteiger partial charge in [0.25, 0.3) is 0 Å². The molecule has 148 valence electrons. The number of β-amino-alcohol motifs (C(OH)–C–C–N with tert-alkyl or cyclic N) is 1. The molecular weight excluding hydrogens is 370 g/mol. The Hall–Kier alpha value is -1.83. The average molecular weight is 398 g/mol. The van der Waals surface area contributed by atoms with E-state index in [1.807, 2.05) is 0 Å². The quantitative estimate of drug-likeness (QED) is 0.730. The highest BCUT2D eigenvalue weighted by Gasteiger charge is 2.27. The first-order chi connectivity index (χ1) is 13.7. The SMILES string of the molecule is CC(C)c1nc2sc3c(N4CCN(CCO)CC4)ncnc3c2c2c1CCC2. The van der Waals surface area contributed by atoms with Gasteiger partial charge in [0.1, 0.15) is 17.0 Å². The van der Waals surface area contributed by atoms with Gasteiger partial charge in [-0.05, 0) is 36.3 Å². The number of aliphatic hydroxyl groups excluding tert-OH is 1. The van der Waals surface area contributed by atoms with E-state index in [2.05, 4.69) is 28.6 Å². The molecule has 1 N–H and O–H groups in total. The first-order valence-corrected chi connectivity index (χ1v) is 11.2. The van der Waals surface area contributed by atoms with E-state index >= 15 is 0 Å². The highest BCUT2D eigenvalue weighted by atomic mass is 32.1. The Bertz CT molecular complexity index is 1020. The fourth-order valence-electron chi connectivity index (χ4n) is 4.74. The molecule has 4 heterocycles. The smallest absolute Gasteiger partial charge is 0.150 e. The topological polar surface area (TPSA) is 65.4 Å². The Morgan fingerprint density at radius 2 is 1.89 bits per heavy atom. The Morgan fingerprint density at radius 1 is 1.11 bits per heavy atom. The number of hydrogen-bond acceptors (Lipinski definition) is 7. The van der Waals surface area contributed by atoms with E-state index < -0.39 is 0 Å². The number of hydrogen-bond donors (Lipinski definition) is 1. The van der Waals surface area contributed by atoms with Crippen molar-refractivity contribution in [2.45, 2.75) is 39.0 Å². The summed E-state index contributed by atoms with van der Waals surface area (Å²) in [5.41, 5.74) is 5.32. The summed E-state index contributed by atoms with van der Waals surface area (Å²) in [4.78, 5) is 20.3. The maximum atomic E-state index is 9.18. The Morgan fingerprint density at radius 3 is 2.64 bits per heavy atom. The predicted molar refractivity (Wildman–Crippen MR) is 115 cm³/mol. The van der Waals surface area contributed by atoms with Crippen LogP contribution in [0.15, 0.2) is 6.33 Å². The van der Waals surface area contributed by atoms with Gasteiger partial charge in [0.2, 0.25) is 0 Å². The van der Waals surface area contributed by atoms with Crippen LogP contribution in [0.25, 0.3) is 20.4 Å². The zero-order valence-corrected chi connectivity index (χ0v) is 17.4. The minimum atomic E-state index is 0.225. The number of pyridine rings is 1. The van der Waals surface area contributed by atoms with Crippen molar-refractivity contribution in [3.05, 3.63) is 23.1 Å². The second-order valence-corrected chi connectivity index (χ2v) is 9.17. The van der Waals surface area contributed by atoms with E-state index in [4.69, 9.17) is 9.97 Å². The van der Waals surface area contributed by atoms with Crippen LogP contribution in [-0.4, -0.2) is 64.3 Å². The second-order valence-electron chi connectivity index (χ2n) is 8.17. The molecule has 0 bridgehead atoms. The minimum Gasteiger partial charge on any atom is -0.395 e. The summed E-state index contributed by atoms with van der Waals surface area (Å²) in [5, 5.41) is 10.5. The summed E-state index contributed by atoms with van der Waals surface area (Å²) in [6.45, 7) is 9.26. The third-order valence-electron chi connectivity index (χ3n) is 6.12. The largest absolute Gasteiger partial charge is 0.395 e. The van der Waals surface area contributed by atoms with Gasteiger partial charge in [-0.3, -0.25) is 4.90 Å². The van der Waals surface area contributed by atoms with Gasteiger partial charge in [-0.2, -0.15) is 0 Å². The molecule has 0 aromatic carbocycles. The van der Waals surface area contributed by atoms with Crippen LogP contribution in [0, 0.1) is 0 Å². The van der Waals surface area contributed by atoms with Crippen molar-refractivity contribution in [1.82, 2.24) is 19.9 Å². The zero-order chi connectivity index (χ0) is 19.3. The van der Waals surface area contributed by atoms with Crippen LogP contribution >= 0.6 is 11.3 Å². The normalized spacial score (nSPS) is 17.9. The molecule has 3 aromatic rings. The van der Waals surface area contributed by atoms with Gasteiger partial charge in [0, 0.05) is 43.8 Å². The molecule has 6 nitrogen and oxygen atoms in total. The number of anilines is 1. The van der Waals surface area contributed by atoms with Crippen molar-refractivity contribution in [3.8, 4) is 0 Å². The van der Waals surface area contributed by atoms with Crippen LogP contribution in [0.1, 0.15) is 43.0 Å². The average Bonchev–Trinajstić information content (AvgIpc) is 3.32. The number of rotatable bonds is 4. The molecule has 0 unspecified atom stereocenters. The van der Waals surface area contributed by atoms with Gasteiger partial charge >= 0.3 is 0 Å². The molecule has 1 aliphatic heterocycles. The summed E-state index contributed by atoms with van der Waals surface area (Å²) >= 11 is 1.76. The lowest BCUT2D eigenvalue weighted by Gasteiger charge is -2.35. The van der Waals surface area contributed by atoms with Gasteiger partial charge < -0.3 is 10.0 Å². The van der Waals surface area contributed by atoms with Crippen LogP contribution in [0.3, 0.4) is 0 Å². The molecule has 2 aliphatic rings. The lowest BCUT2D eigenvalue weighted by molar-refractivity contribution is 0.188. The van der Waals surface area contributed by atoms with Crippen LogP contribution < -0.4 is 4.90 Å². The fraction of sp³-hybridized carbons (Fsp3) is 0.571. The van der Waals surface area contributed by atoms with Gasteiger partial charge in [-0.15, -0.1) is 11.3 Å². The number of nitrogens with zero attached hydrogens (tertiary/aromatic N) is 5. The molecule has 5 rings (SSSR count). The Kier molecular flexibility index (Phi) is 4.69.